The molecule has 0 fully saturated rings. The summed E-state index contributed by atoms with van der Waals surface area (Å²) in [4.78, 5) is 4.03. The molecule has 2 rings (SSSR count). The molecular weight excluding hydrogens is 190 g/mol. The van der Waals surface area contributed by atoms with Crippen LogP contribution in [0, 0.1) is 5.92 Å². The maximum atomic E-state index is 5.63. The summed E-state index contributed by atoms with van der Waals surface area (Å²) >= 11 is 0. The molecule has 2 heterocycles. The van der Waals surface area contributed by atoms with E-state index in [1.165, 1.54) is 0 Å². The van der Waals surface area contributed by atoms with E-state index >= 15 is 0 Å². The number of pyridine rings is 1. The van der Waals surface area contributed by atoms with Gasteiger partial charge in [0.15, 0.2) is 6.29 Å². The van der Waals surface area contributed by atoms with Crippen LogP contribution in [-0.4, -0.2) is 11.3 Å². The van der Waals surface area contributed by atoms with Gasteiger partial charge in [0.25, 0.3) is 0 Å². The van der Waals surface area contributed by atoms with Crippen LogP contribution in [0.4, 0.5) is 0 Å². The first-order valence-electron chi connectivity index (χ1n) is 5.17. The van der Waals surface area contributed by atoms with Crippen molar-refractivity contribution in [2.45, 2.75) is 26.2 Å². The third-order valence-corrected chi connectivity index (χ3v) is 2.36. The van der Waals surface area contributed by atoms with Gasteiger partial charge in [-0.15, -0.1) is 0 Å². The molecule has 80 valence electrons. The van der Waals surface area contributed by atoms with Gasteiger partial charge in [0.1, 0.15) is 0 Å². The Morgan fingerprint density at radius 2 is 2.53 bits per heavy atom. The first kappa shape index (κ1) is 10.2. The minimum atomic E-state index is -0.120. The highest BCUT2D eigenvalue weighted by molar-refractivity contribution is 5.06. The molecule has 2 unspecified atom stereocenters. The normalized spacial score (nSPS) is 24.9. The second-order valence-electron chi connectivity index (χ2n) is 3.78. The summed E-state index contributed by atoms with van der Waals surface area (Å²) in [5, 5.41) is 0. The first-order chi connectivity index (χ1) is 7.34. The molecule has 1 aliphatic rings. The molecule has 0 N–H and O–H groups in total. The zero-order valence-electron chi connectivity index (χ0n) is 8.80. The van der Waals surface area contributed by atoms with Crippen LogP contribution in [0.2, 0.25) is 0 Å². The Bertz CT molecular complexity index is 324. The van der Waals surface area contributed by atoms with Crippen molar-refractivity contribution in [2.24, 2.45) is 5.92 Å². The van der Waals surface area contributed by atoms with Crippen molar-refractivity contribution < 1.29 is 9.47 Å². The fourth-order valence-corrected chi connectivity index (χ4v) is 1.48. The minimum Gasteiger partial charge on any atom is -0.473 e. The van der Waals surface area contributed by atoms with Crippen LogP contribution in [0.3, 0.4) is 0 Å². The standard InChI is InChI=1S/C12H15NO2/c1-10-4-6-14-12(7-10)15-9-11-3-2-5-13-8-11/h2-6,8,10,12H,7,9H2,1H3. The Morgan fingerprint density at radius 3 is 3.27 bits per heavy atom. The molecule has 0 bridgehead atoms. The maximum Gasteiger partial charge on any atom is 0.199 e. The Labute approximate surface area is 89.7 Å². The van der Waals surface area contributed by atoms with Gasteiger partial charge in [-0.25, -0.2) is 0 Å². The molecule has 3 heteroatoms. The van der Waals surface area contributed by atoms with E-state index in [1.807, 2.05) is 24.4 Å². The number of ether oxygens (including phenoxy) is 2. The Morgan fingerprint density at radius 1 is 1.60 bits per heavy atom. The number of hydrogen-bond acceptors (Lipinski definition) is 3. The predicted octanol–water partition coefficient (Wildman–Crippen LogP) is 2.49. The number of hydrogen-bond donors (Lipinski definition) is 0. The summed E-state index contributed by atoms with van der Waals surface area (Å²) in [6.45, 7) is 2.71. The fraction of sp³-hybridized carbons (Fsp3) is 0.417. The lowest BCUT2D eigenvalue weighted by Gasteiger charge is -2.23. The zero-order chi connectivity index (χ0) is 10.5. The summed E-state index contributed by atoms with van der Waals surface area (Å²) in [5.74, 6) is 0.526. The lowest BCUT2D eigenvalue weighted by Crippen LogP contribution is -2.20. The van der Waals surface area contributed by atoms with E-state index < -0.39 is 0 Å². The van der Waals surface area contributed by atoms with Gasteiger partial charge in [0.05, 0.1) is 12.9 Å². The third kappa shape index (κ3) is 3.06. The zero-order valence-corrected chi connectivity index (χ0v) is 8.80. The highest BCUT2D eigenvalue weighted by atomic mass is 16.7. The van der Waals surface area contributed by atoms with Crippen LogP contribution in [0.1, 0.15) is 18.9 Å². The molecule has 0 aliphatic carbocycles. The summed E-state index contributed by atoms with van der Waals surface area (Å²) in [5.41, 5.74) is 1.07. The maximum absolute atomic E-state index is 5.63. The van der Waals surface area contributed by atoms with Crippen LogP contribution in [0.25, 0.3) is 0 Å². The SMILES string of the molecule is CC1C=COC(OCc2cccnc2)C1. The smallest absolute Gasteiger partial charge is 0.199 e. The minimum absolute atomic E-state index is 0.120. The van der Waals surface area contributed by atoms with Crippen molar-refractivity contribution >= 4 is 0 Å². The molecule has 1 aliphatic heterocycles. The van der Waals surface area contributed by atoms with Gasteiger partial charge in [-0.1, -0.05) is 13.0 Å². The first-order valence-corrected chi connectivity index (χ1v) is 5.17. The number of rotatable bonds is 3. The van der Waals surface area contributed by atoms with E-state index in [4.69, 9.17) is 9.47 Å². The van der Waals surface area contributed by atoms with E-state index in [9.17, 15) is 0 Å². The Balaban J connectivity index is 1.81. The fourth-order valence-electron chi connectivity index (χ4n) is 1.48. The molecule has 15 heavy (non-hydrogen) atoms. The second kappa shape index (κ2) is 4.94. The molecule has 2 atom stereocenters. The van der Waals surface area contributed by atoms with Gasteiger partial charge in [-0.2, -0.15) is 0 Å². The van der Waals surface area contributed by atoms with Crippen molar-refractivity contribution in [1.29, 1.82) is 0 Å². The molecule has 0 amide bonds. The van der Waals surface area contributed by atoms with Crippen molar-refractivity contribution in [3.05, 3.63) is 42.4 Å². The quantitative estimate of drug-likeness (QED) is 0.759. The lowest BCUT2D eigenvalue weighted by atomic mass is 10.1. The topological polar surface area (TPSA) is 31.4 Å². The molecule has 1 aromatic rings. The summed E-state index contributed by atoms with van der Waals surface area (Å²) in [6.07, 6.45) is 8.13. The Kier molecular flexibility index (Phi) is 3.35. The van der Waals surface area contributed by atoms with Gasteiger partial charge >= 0.3 is 0 Å². The highest BCUT2D eigenvalue weighted by Crippen LogP contribution is 2.18. The average molecular weight is 205 g/mol. The van der Waals surface area contributed by atoms with Crippen molar-refractivity contribution in [3.63, 3.8) is 0 Å². The van der Waals surface area contributed by atoms with Crippen molar-refractivity contribution in [3.8, 4) is 0 Å². The molecule has 0 spiro atoms. The van der Waals surface area contributed by atoms with Gasteiger partial charge in [-0.3, -0.25) is 4.98 Å². The van der Waals surface area contributed by atoms with Crippen LogP contribution in [0.5, 0.6) is 0 Å². The highest BCUT2D eigenvalue weighted by Gasteiger charge is 2.16. The van der Waals surface area contributed by atoms with Gasteiger partial charge in [0.2, 0.25) is 0 Å². The molecule has 0 saturated heterocycles. The predicted molar refractivity (Wildman–Crippen MR) is 56.8 cm³/mol. The number of nitrogens with zero attached hydrogens (tertiary/aromatic N) is 1. The van der Waals surface area contributed by atoms with E-state index in [0.29, 0.717) is 12.5 Å². The van der Waals surface area contributed by atoms with Crippen molar-refractivity contribution in [2.75, 3.05) is 0 Å². The molecule has 3 nitrogen and oxygen atoms in total. The number of allylic oxidation sites excluding steroid dienone is 1. The second-order valence-corrected chi connectivity index (χ2v) is 3.78. The third-order valence-electron chi connectivity index (χ3n) is 2.36. The van der Waals surface area contributed by atoms with E-state index in [1.54, 1.807) is 12.5 Å². The molecule has 0 saturated carbocycles. The average Bonchev–Trinajstić information content (AvgIpc) is 2.28. The van der Waals surface area contributed by atoms with Crippen molar-refractivity contribution in [1.82, 2.24) is 4.98 Å². The summed E-state index contributed by atoms with van der Waals surface area (Å²) < 4.78 is 11.0. The van der Waals surface area contributed by atoms with E-state index in [-0.39, 0.29) is 6.29 Å². The summed E-state index contributed by atoms with van der Waals surface area (Å²) in [6, 6.07) is 3.90. The molecular formula is C12H15NO2. The van der Waals surface area contributed by atoms with E-state index in [2.05, 4.69) is 11.9 Å². The summed E-state index contributed by atoms with van der Waals surface area (Å²) in [7, 11) is 0. The monoisotopic (exact) mass is 205 g/mol. The Hall–Kier alpha value is -1.35. The van der Waals surface area contributed by atoms with Crippen LogP contribution < -0.4 is 0 Å². The largest absolute Gasteiger partial charge is 0.473 e. The van der Waals surface area contributed by atoms with Gasteiger partial charge < -0.3 is 9.47 Å². The van der Waals surface area contributed by atoms with Gasteiger partial charge in [0, 0.05) is 18.8 Å². The van der Waals surface area contributed by atoms with Crippen LogP contribution >= 0.6 is 0 Å². The molecule has 0 radical (unpaired) electrons. The van der Waals surface area contributed by atoms with Gasteiger partial charge in [-0.05, 0) is 23.6 Å². The lowest BCUT2D eigenvalue weighted by molar-refractivity contribution is -0.129. The molecule has 0 aromatic carbocycles. The van der Waals surface area contributed by atoms with Crippen LogP contribution in [-0.2, 0) is 16.1 Å². The van der Waals surface area contributed by atoms with Crippen LogP contribution in [0.15, 0.2) is 36.9 Å². The number of aromatic nitrogens is 1. The molecule has 1 aromatic heterocycles. The van der Waals surface area contributed by atoms with E-state index in [0.717, 1.165) is 12.0 Å².